The Balaban J connectivity index is 2.09. The highest BCUT2D eigenvalue weighted by atomic mass is 16.3. The van der Waals surface area contributed by atoms with E-state index in [1.165, 1.54) is 0 Å². The predicted molar refractivity (Wildman–Crippen MR) is 69.4 cm³/mol. The van der Waals surface area contributed by atoms with Crippen molar-refractivity contribution in [2.45, 2.75) is 13.5 Å². The molecule has 4 heteroatoms. The molecule has 0 bridgehead atoms. The minimum Gasteiger partial charge on any atom is -0.507 e. The number of phenols is 1. The van der Waals surface area contributed by atoms with Crippen molar-refractivity contribution in [3.63, 3.8) is 0 Å². The molecule has 1 amide bonds. The molecule has 0 unspecified atom stereocenters. The van der Waals surface area contributed by atoms with Gasteiger partial charge < -0.3 is 15.0 Å². The maximum Gasteiger partial charge on any atom is 0.255 e. The second-order valence-electron chi connectivity index (χ2n) is 4.26. The molecule has 0 aliphatic rings. The van der Waals surface area contributed by atoms with E-state index in [0.29, 0.717) is 17.7 Å². The monoisotopic (exact) mass is 244 g/mol. The Labute approximate surface area is 106 Å². The third kappa shape index (κ3) is 2.37. The van der Waals surface area contributed by atoms with Crippen LogP contribution in [0, 0.1) is 6.92 Å². The van der Waals surface area contributed by atoms with E-state index in [4.69, 9.17) is 0 Å². The first-order valence-corrected chi connectivity index (χ1v) is 5.76. The summed E-state index contributed by atoms with van der Waals surface area (Å²) in [5, 5.41) is 12.6. The molecule has 0 spiro atoms. The van der Waals surface area contributed by atoms with Gasteiger partial charge in [-0.05, 0) is 30.7 Å². The van der Waals surface area contributed by atoms with Gasteiger partial charge in [-0.3, -0.25) is 4.79 Å². The fraction of sp³-hybridized carbons (Fsp3) is 0.214. The zero-order valence-corrected chi connectivity index (χ0v) is 10.5. The minimum absolute atomic E-state index is 0.0434. The maximum atomic E-state index is 11.9. The van der Waals surface area contributed by atoms with Crippen LogP contribution in [0.3, 0.4) is 0 Å². The third-order valence-corrected chi connectivity index (χ3v) is 2.96. The van der Waals surface area contributed by atoms with E-state index in [9.17, 15) is 9.90 Å². The van der Waals surface area contributed by atoms with Crippen molar-refractivity contribution >= 4 is 5.91 Å². The molecule has 1 aromatic carbocycles. The second-order valence-corrected chi connectivity index (χ2v) is 4.26. The van der Waals surface area contributed by atoms with Crippen LogP contribution in [0.4, 0.5) is 0 Å². The van der Waals surface area contributed by atoms with E-state index in [1.54, 1.807) is 25.1 Å². The molecule has 0 aliphatic heterocycles. The average Bonchev–Trinajstić information content (AvgIpc) is 2.75. The van der Waals surface area contributed by atoms with E-state index in [-0.39, 0.29) is 11.7 Å². The smallest absolute Gasteiger partial charge is 0.255 e. The molecule has 0 saturated carbocycles. The second kappa shape index (κ2) is 4.96. The van der Waals surface area contributed by atoms with Gasteiger partial charge in [-0.25, -0.2) is 0 Å². The number of para-hydroxylation sites is 1. The van der Waals surface area contributed by atoms with Gasteiger partial charge in [0.05, 0.1) is 12.1 Å². The number of hydrogen-bond acceptors (Lipinski definition) is 2. The Morgan fingerprint density at radius 2 is 2.11 bits per heavy atom. The predicted octanol–water partition coefficient (Wildman–Crippen LogP) is 1.97. The van der Waals surface area contributed by atoms with Crippen LogP contribution in [0.1, 0.15) is 21.6 Å². The number of carbonyl (C=O) groups excluding carboxylic acids is 1. The van der Waals surface area contributed by atoms with E-state index in [1.807, 2.05) is 29.9 Å². The molecule has 0 aliphatic carbocycles. The number of benzene rings is 1. The van der Waals surface area contributed by atoms with Crippen molar-refractivity contribution in [2.24, 2.45) is 7.05 Å². The molecule has 2 N–H and O–H groups in total. The number of aryl methyl sites for hydroxylation is 2. The number of rotatable bonds is 3. The third-order valence-electron chi connectivity index (χ3n) is 2.96. The SMILES string of the molecule is Cc1cccc(C(=O)NCc2cccn2C)c1O. The normalized spacial score (nSPS) is 10.3. The standard InChI is InChI=1S/C14H16N2O2/c1-10-5-3-7-12(13(10)17)14(18)15-9-11-6-4-8-16(11)2/h3-8,17H,9H2,1-2H3,(H,15,18). The van der Waals surface area contributed by atoms with Crippen LogP contribution in [0.5, 0.6) is 5.75 Å². The highest BCUT2D eigenvalue weighted by Crippen LogP contribution is 2.21. The molecule has 2 rings (SSSR count). The van der Waals surface area contributed by atoms with E-state index < -0.39 is 0 Å². The quantitative estimate of drug-likeness (QED) is 0.867. The largest absolute Gasteiger partial charge is 0.507 e. The number of carbonyl (C=O) groups is 1. The number of nitrogens with zero attached hydrogens (tertiary/aromatic N) is 1. The van der Waals surface area contributed by atoms with Crippen LogP contribution in [0.25, 0.3) is 0 Å². The lowest BCUT2D eigenvalue weighted by Crippen LogP contribution is -2.24. The summed E-state index contributed by atoms with van der Waals surface area (Å²) in [7, 11) is 1.92. The Bertz CT molecular complexity index is 573. The summed E-state index contributed by atoms with van der Waals surface area (Å²) >= 11 is 0. The first kappa shape index (κ1) is 12.2. The summed E-state index contributed by atoms with van der Waals surface area (Å²) in [6, 6.07) is 9.00. The Morgan fingerprint density at radius 1 is 1.33 bits per heavy atom. The summed E-state index contributed by atoms with van der Waals surface area (Å²) in [4.78, 5) is 11.9. The summed E-state index contributed by atoms with van der Waals surface area (Å²) in [6.45, 7) is 2.21. The van der Waals surface area contributed by atoms with Crippen LogP contribution in [0.15, 0.2) is 36.5 Å². The van der Waals surface area contributed by atoms with Gasteiger partial charge in [0, 0.05) is 18.9 Å². The van der Waals surface area contributed by atoms with Gasteiger partial charge in [0.15, 0.2) is 0 Å². The van der Waals surface area contributed by atoms with Crippen molar-refractivity contribution in [1.82, 2.24) is 9.88 Å². The zero-order chi connectivity index (χ0) is 13.1. The van der Waals surface area contributed by atoms with E-state index in [0.717, 1.165) is 5.69 Å². The Morgan fingerprint density at radius 3 is 2.78 bits per heavy atom. The summed E-state index contributed by atoms with van der Waals surface area (Å²) in [5.74, 6) is -0.223. The average molecular weight is 244 g/mol. The van der Waals surface area contributed by atoms with Gasteiger partial charge in [0.1, 0.15) is 5.75 Å². The van der Waals surface area contributed by atoms with Crippen molar-refractivity contribution < 1.29 is 9.90 Å². The van der Waals surface area contributed by atoms with Crippen molar-refractivity contribution in [3.05, 3.63) is 53.3 Å². The molecular formula is C14H16N2O2. The lowest BCUT2D eigenvalue weighted by molar-refractivity contribution is 0.0947. The first-order chi connectivity index (χ1) is 8.59. The first-order valence-electron chi connectivity index (χ1n) is 5.76. The molecule has 0 fully saturated rings. The van der Waals surface area contributed by atoms with Gasteiger partial charge in [0.2, 0.25) is 0 Å². The Kier molecular flexibility index (Phi) is 3.37. The molecule has 0 radical (unpaired) electrons. The van der Waals surface area contributed by atoms with Crippen LogP contribution >= 0.6 is 0 Å². The Hall–Kier alpha value is -2.23. The molecule has 94 valence electrons. The highest BCUT2D eigenvalue weighted by Gasteiger charge is 2.12. The van der Waals surface area contributed by atoms with Crippen LogP contribution in [-0.2, 0) is 13.6 Å². The van der Waals surface area contributed by atoms with Gasteiger partial charge >= 0.3 is 0 Å². The fourth-order valence-electron chi connectivity index (χ4n) is 1.79. The lowest BCUT2D eigenvalue weighted by atomic mass is 10.1. The van der Waals surface area contributed by atoms with Crippen molar-refractivity contribution in [3.8, 4) is 5.75 Å². The zero-order valence-electron chi connectivity index (χ0n) is 10.5. The maximum absolute atomic E-state index is 11.9. The van der Waals surface area contributed by atoms with Crippen molar-refractivity contribution in [1.29, 1.82) is 0 Å². The van der Waals surface area contributed by atoms with Gasteiger partial charge in [0.25, 0.3) is 5.91 Å². The van der Waals surface area contributed by atoms with E-state index >= 15 is 0 Å². The van der Waals surface area contributed by atoms with Gasteiger partial charge in [-0.15, -0.1) is 0 Å². The number of nitrogens with one attached hydrogen (secondary N) is 1. The van der Waals surface area contributed by atoms with Crippen LogP contribution in [-0.4, -0.2) is 15.6 Å². The van der Waals surface area contributed by atoms with Gasteiger partial charge in [-0.2, -0.15) is 0 Å². The minimum atomic E-state index is -0.266. The van der Waals surface area contributed by atoms with Crippen LogP contribution < -0.4 is 5.32 Å². The number of aromatic hydroxyl groups is 1. The van der Waals surface area contributed by atoms with Crippen molar-refractivity contribution in [2.75, 3.05) is 0 Å². The fourth-order valence-corrected chi connectivity index (χ4v) is 1.79. The summed E-state index contributed by atoms with van der Waals surface area (Å²) in [5.41, 5.74) is 2.02. The summed E-state index contributed by atoms with van der Waals surface area (Å²) in [6.07, 6.45) is 1.92. The molecule has 1 aromatic heterocycles. The van der Waals surface area contributed by atoms with Gasteiger partial charge in [-0.1, -0.05) is 12.1 Å². The highest BCUT2D eigenvalue weighted by molar-refractivity contribution is 5.97. The molecule has 0 atom stereocenters. The van der Waals surface area contributed by atoms with E-state index in [2.05, 4.69) is 5.32 Å². The molecule has 0 saturated heterocycles. The number of amides is 1. The number of hydrogen-bond donors (Lipinski definition) is 2. The van der Waals surface area contributed by atoms with Crippen LogP contribution in [0.2, 0.25) is 0 Å². The molecule has 1 heterocycles. The lowest BCUT2D eigenvalue weighted by Gasteiger charge is -2.09. The summed E-state index contributed by atoms with van der Waals surface area (Å²) < 4.78 is 1.94. The molecule has 4 nitrogen and oxygen atoms in total. The topological polar surface area (TPSA) is 54.3 Å². The molecule has 2 aromatic rings. The number of aromatic nitrogens is 1. The molecule has 18 heavy (non-hydrogen) atoms. The molecular weight excluding hydrogens is 228 g/mol. The number of phenolic OH excluding ortho intramolecular Hbond substituents is 1.